The van der Waals surface area contributed by atoms with Crippen molar-refractivity contribution in [2.45, 2.75) is 32.1 Å². The summed E-state index contributed by atoms with van der Waals surface area (Å²) in [7, 11) is 2.99. The second kappa shape index (κ2) is 7.22. The number of rotatable bonds is 4. The number of nitrogens with one attached hydrogen (secondary N) is 1. The van der Waals surface area contributed by atoms with Crippen LogP contribution in [0.1, 0.15) is 42.5 Å². The molecule has 1 aromatic rings. The zero-order valence-corrected chi connectivity index (χ0v) is 12.6. The Balaban J connectivity index is 2.03. The summed E-state index contributed by atoms with van der Waals surface area (Å²) in [6.45, 7) is 0. The summed E-state index contributed by atoms with van der Waals surface area (Å²) in [5.41, 5.74) is 1.14. The third-order valence-electron chi connectivity index (χ3n) is 3.91. The Hall–Kier alpha value is -1.88. The van der Waals surface area contributed by atoms with Crippen LogP contribution in [0.4, 0.5) is 5.69 Å². The zero-order chi connectivity index (χ0) is 15.2. The molecule has 0 aliphatic heterocycles. The minimum absolute atomic E-state index is 0.0550. The molecule has 1 aliphatic rings. The molecule has 0 radical (unpaired) electrons. The van der Waals surface area contributed by atoms with E-state index in [1.165, 1.54) is 13.5 Å². The molecule has 0 bridgehead atoms. The molecule has 1 fully saturated rings. The van der Waals surface area contributed by atoms with Crippen molar-refractivity contribution in [3.8, 4) is 0 Å². The molecule has 114 valence electrons. The molecule has 2 amide bonds. The fraction of sp³-hybridized carbons (Fsp3) is 0.500. The quantitative estimate of drug-likeness (QED) is 0.867. The molecule has 2 rings (SSSR count). The molecule has 21 heavy (non-hydrogen) atoms. The minimum atomic E-state index is -0.244. The molecular formula is C16H22N2O3. The summed E-state index contributed by atoms with van der Waals surface area (Å²) in [6.07, 6.45) is 5.37. The van der Waals surface area contributed by atoms with Gasteiger partial charge in [-0.2, -0.15) is 0 Å². The van der Waals surface area contributed by atoms with Crippen molar-refractivity contribution in [1.82, 2.24) is 5.06 Å². The van der Waals surface area contributed by atoms with Gasteiger partial charge in [0.15, 0.2) is 0 Å². The first-order valence-corrected chi connectivity index (χ1v) is 7.35. The summed E-state index contributed by atoms with van der Waals surface area (Å²) in [5, 5.41) is 4.07. The molecule has 5 nitrogen and oxygen atoms in total. The molecule has 5 heteroatoms. The highest BCUT2D eigenvalue weighted by atomic mass is 16.7. The lowest BCUT2D eigenvalue weighted by molar-refractivity contribution is -0.120. The maximum absolute atomic E-state index is 12.2. The van der Waals surface area contributed by atoms with E-state index in [9.17, 15) is 9.59 Å². The van der Waals surface area contributed by atoms with E-state index >= 15 is 0 Å². The first kappa shape index (κ1) is 15.5. The topological polar surface area (TPSA) is 58.6 Å². The van der Waals surface area contributed by atoms with Crippen LogP contribution in [0.3, 0.4) is 0 Å². The molecule has 1 N–H and O–H groups in total. The predicted octanol–water partition coefficient (Wildman–Crippen LogP) is 2.84. The normalized spacial score (nSPS) is 15.5. The van der Waals surface area contributed by atoms with Gasteiger partial charge < -0.3 is 5.32 Å². The number of carbonyl (C=O) groups excluding carboxylic acids is 2. The van der Waals surface area contributed by atoms with Crippen LogP contribution in [-0.4, -0.2) is 31.0 Å². The molecule has 0 saturated heterocycles. The standard InChI is InChI=1S/C16H22N2O3/c1-18(21-2)16(20)13-9-6-10-14(11-13)17-15(19)12-7-4-3-5-8-12/h6,9-12H,3-5,7-8H2,1-2H3,(H,17,19). The van der Waals surface area contributed by atoms with Gasteiger partial charge in [-0.05, 0) is 31.0 Å². The van der Waals surface area contributed by atoms with Crippen molar-refractivity contribution < 1.29 is 14.4 Å². The number of anilines is 1. The molecule has 1 aliphatic carbocycles. The first-order valence-electron chi connectivity index (χ1n) is 7.35. The van der Waals surface area contributed by atoms with Crippen LogP contribution in [0.15, 0.2) is 24.3 Å². The van der Waals surface area contributed by atoms with Crippen molar-refractivity contribution in [2.24, 2.45) is 5.92 Å². The van der Waals surface area contributed by atoms with Gasteiger partial charge in [0, 0.05) is 24.2 Å². The number of hydrogen-bond donors (Lipinski definition) is 1. The maximum Gasteiger partial charge on any atom is 0.277 e. The average Bonchev–Trinajstić information content (AvgIpc) is 2.54. The van der Waals surface area contributed by atoms with Crippen LogP contribution >= 0.6 is 0 Å². The van der Waals surface area contributed by atoms with E-state index in [1.54, 1.807) is 31.3 Å². The monoisotopic (exact) mass is 290 g/mol. The summed E-state index contributed by atoms with van der Waals surface area (Å²) in [5.74, 6) is -0.0922. The Bertz CT molecular complexity index is 510. The van der Waals surface area contributed by atoms with Gasteiger partial charge in [-0.15, -0.1) is 0 Å². The Morgan fingerprint density at radius 3 is 2.62 bits per heavy atom. The van der Waals surface area contributed by atoms with Crippen LogP contribution < -0.4 is 5.32 Å². The van der Waals surface area contributed by atoms with Gasteiger partial charge in [0.2, 0.25) is 5.91 Å². The highest BCUT2D eigenvalue weighted by Gasteiger charge is 2.21. The van der Waals surface area contributed by atoms with E-state index in [-0.39, 0.29) is 17.7 Å². The number of hydroxylamine groups is 2. The van der Waals surface area contributed by atoms with E-state index in [2.05, 4.69) is 5.32 Å². The summed E-state index contributed by atoms with van der Waals surface area (Å²) in [6, 6.07) is 6.93. The van der Waals surface area contributed by atoms with Gasteiger partial charge in [-0.25, -0.2) is 5.06 Å². The first-order chi connectivity index (χ1) is 10.1. The Morgan fingerprint density at radius 2 is 1.95 bits per heavy atom. The lowest BCUT2D eigenvalue weighted by Crippen LogP contribution is -2.26. The van der Waals surface area contributed by atoms with Crippen molar-refractivity contribution >= 4 is 17.5 Å². The van der Waals surface area contributed by atoms with Crippen molar-refractivity contribution in [1.29, 1.82) is 0 Å². The van der Waals surface area contributed by atoms with Crippen LogP contribution in [0.25, 0.3) is 0 Å². The van der Waals surface area contributed by atoms with Crippen LogP contribution in [0.2, 0.25) is 0 Å². The largest absolute Gasteiger partial charge is 0.326 e. The van der Waals surface area contributed by atoms with Crippen molar-refractivity contribution in [3.63, 3.8) is 0 Å². The number of carbonyl (C=O) groups is 2. The SMILES string of the molecule is CON(C)C(=O)c1cccc(NC(=O)C2CCCCC2)c1. The second-order valence-corrected chi connectivity index (χ2v) is 5.39. The fourth-order valence-electron chi connectivity index (χ4n) is 2.60. The summed E-state index contributed by atoms with van der Waals surface area (Å²) in [4.78, 5) is 29.1. The number of benzene rings is 1. The molecule has 0 heterocycles. The van der Waals surface area contributed by atoms with E-state index in [0.29, 0.717) is 11.3 Å². The Morgan fingerprint density at radius 1 is 1.24 bits per heavy atom. The lowest BCUT2D eigenvalue weighted by atomic mass is 9.88. The molecule has 0 unspecified atom stereocenters. The van der Waals surface area contributed by atoms with Gasteiger partial charge in [0.1, 0.15) is 0 Å². The van der Waals surface area contributed by atoms with Gasteiger partial charge in [0.25, 0.3) is 5.91 Å². The molecular weight excluding hydrogens is 268 g/mol. The second-order valence-electron chi connectivity index (χ2n) is 5.39. The van der Waals surface area contributed by atoms with Crippen LogP contribution in [-0.2, 0) is 9.63 Å². The van der Waals surface area contributed by atoms with E-state index in [1.807, 2.05) is 0 Å². The summed E-state index contributed by atoms with van der Waals surface area (Å²) >= 11 is 0. The molecule has 0 atom stereocenters. The van der Waals surface area contributed by atoms with Crippen molar-refractivity contribution in [2.75, 3.05) is 19.5 Å². The van der Waals surface area contributed by atoms with E-state index < -0.39 is 0 Å². The highest BCUT2D eigenvalue weighted by Crippen LogP contribution is 2.25. The molecule has 0 aromatic heterocycles. The molecule has 0 spiro atoms. The maximum atomic E-state index is 12.2. The number of nitrogens with zero attached hydrogens (tertiary/aromatic N) is 1. The van der Waals surface area contributed by atoms with Gasteiger partial charge in [0.05, 0.1) is 7.11 Å². The third-order valence-corrected chi connectivity index (χ3v) is 3.91. The average molecular weight is 290 g/mol. The fourth-order valence-corrected chi connectivity index (χ4v) is 2.60. The van der Waals surface area contributed by atoms with Crippen LogP contribution in [0, 0.1) is 5.92 Å². The zero-order valence-electron chi connectivity index (χ0n) is 12.6. The van der Waals surface area contributed by atoms with Gasteiger partial charge in [-0.3, -0.25) is 14.4 Å². The third kappa shape index (κ3) is 4.04. The molecule has 1 aromatic carbocycles. The predicted molar refractivity (Wildman–Crippen MR) is 80.7 cm³/mol. The Labute approximate surface area is 125 Å². The Kier molecular flexibility index (Phi) is 5.33. The van der Waals surface area contributed by atoms with Gasteiger partial charge >= 0.3 is 0 Å². The number of amides is 2. The smallest absolute Gasteiger partial charge is 0.277 e. The van der Waals surface area contributed by atoms with E-state index in [0.717, 1.165) is 30.7 Å². The minimum Gasteiger partial charge on any atom is -0.326 e. The van der Waals surface area contributed by atoms with Crippen molar-refractivity contribution in [3.05, 3.63) is 29.8 Å². The lowest BCUT2D eigenvalue weighted by Gasteiger charge is -2.21. The van der Waals surface area contributed by atoms with Gasteiger partial charge in [-0.1, -0.05) is 25.3 Å². The highest BCUT2D eigenvalue weighted by molar-refractivity contribution is 5.97. The van der Waals surface area contributed by atoms with E-state index in [4.69, 9.17) is 4.84 Å². The summed E-state index contributed by atoms with van der Waals surface area (Å²) < 4.78 is 0. The molecule has 1 saturated carbocycles. The number of hydrogen-bond acceptors (Lipinski definition) is 3. The van der Waals surface area contributed by atoms with Crippen LogP contribution in [0.5, 0.6) is 0 Å².